The number of ether oxygens (including phenoxy) is 1. The summed E-state index contributed by atoms with van der Waals surface area (Å²) >= 11 is 0. The van der Waals surface area contributed by atoms with Crippen molar-refractivity contribution in [2.75, 3.05) is 19.8 Å². The van der Waals surface area contributed by atoms with Crippen LogP contribution in [0.5, 0.6) is 5.75 Å². The van der Waals surface area contributed by atoms with E-state index in [1.165, 1.54) is 11.6 Å². The second-order valence-electron chi connectivity index (χ2n) is 9.91. The number of benzene rings is 1. The average molecular weight is 501 g/mol. The van der Waals surface area contributed by atoms with Crippen LogP contribution in [0.4, 0.5) is 4.39 Å². The molecule has 0 heterocycles. The maximum atomic E-state index is 13.4. The van der Waals surface area contributed by atoms with Crippen molar-refractivity contribution in [3.05, 3.63) is 66.8 Å². The Balaban J connectivity index is 0.00000150. The Kier molecular flexibility index (Phi) is 15.0. The van der Waals surface area contributed by atoms with Crippen molar-refractivity contribution in [1.29, 1.82) is 0 Å². The lowest BCUT2D eigenvalue weighted by Gasteiger charge is -2.32. The lowest BCUT2D eigenvalue weighted by atomic mass is 9.74. The Hall–Kier alpha value is -2.40. The van der Waals surface area contributed by atoms with Gasteiger partial charge in [0.2, 0.25) is 5.91 Å². The predicted molar refractivity (Wildman–Crippen MR) is 151 cm³/mol. The van der Waals surface area contributed by atoms with Gasteiger partial charge in [-0.15, -0.1) is 6.58 Å². The first-order valence-electron chi connectivity index (χ1n) is 13.5. The van der Waals surface area contributed by atoms with Crippen LogP contribution in [0, 0.1) is 17.3 Å². The fourth-order valence-electron chi connectivity index (χ4n) is 5.08. The van der Waals surface area contributed by atoms with E-state index in [4.69, 9.17) is 4.74 Å². The molecule has 0 spiro atoms. The van der Waals surface area contributed by atoms with Gasteiger partial charge in [0, 0.05) is 18.2 Å². The lowest BCUT2D eigenvalue weighted by Crippen LogP contribution is -2.44. The molecule has 202 valence electrons. The van der Waals surface area contributed by atoms with Crippen LogP contribution in [0.15, 0.2) is 61.2 Å². The Morgan fingerprint density at radius 3 is 2.56 bits per heavy atom. The number of rotatable bonds is 14. The molecule has 2 rings (SSSR count). The molecular weight excluding hydrogens is 451 g/mol. The van der Waals surface area contributed by atoms with Crippen molar-refractivity contribution in [3.8, 4) is 5.75 Å². The number of halogens is 1. The molecule has 3 unspecified atom stereocenters. The van der Waals surface area contributed by atoms with Gasteiger partial charge in [-0.2, -0.15) is 0 Å². The highest BCUT2D eigenvalue weighted by atomic mass is 19.1. The SMILES string of the molecule is C=C/C=C(\C)C(CC)CCNC1CCC(C(=O)NCc2ccccc2OCC)(C(C)C)C1.C=CCF. The number of amides is 1. The summed E-state index contributed by atoms with van der Waals surface area (Å²) in [6, 6.07) is 8.36. The van der Waals surface area contributed by atoms with Crippen LogP contribution >= 0.6 is 0 Å². The van der Waals surface area contributed by atoms with Crippen LogP contribution in [0.25, 0.3) is 0 Å². The maximum Gasteiger partial charge on any atom is 0.226 e. The number of nitrogens with one attached hydrogen (secondary N) is 2. The summed E-state index contributed by atoms with van der Waals surface area (Å²) in [5, 5.41) is 6.99. The molecule has 1 aliphatic carbocycles. The van der Waals surface area contributed by atoms with Gasteiger partial charge < -0.3 is 15.4 Å². The highest BCUT2D eigenvalue weighted by molar-refractivity contribution is 5.83. The first kappa shape index (κ1) is 31.6. The molecule has 1 aliphatic rings. The number of hydrogen-bond acceptors (Lipinski definition) is 3. The van der Waals surface area contributed by atoms with E-state index in [9.17, 15) is 9.18 Å². The predicted octanol–water partition coefficient (Wildman–Crippen LogP) is 7.18. The molecular formula is C31H49FN2O2. The van der Waals surface area contributed by atoms with Gasteiger partial charge >= 0.3 is 0 Å². The van der Waals surface area contributed by atoms with Crippen molar-refractivity contribution in [1.82, 2.24) is 10.6 Å². The average Bonchev–Trinajstić information content (AvgIpc) is 3.32. The summed E-state index contributed by atoms with van der Waals surface area (Å²) < 4.78 is 16.3. The molecule has 1 amide bonds. The quantitative estimate of drug-likeness (QED) is 0.210. The van der Waals surface area contributed by atoms with Gasteiger partial charge in [0.15, 0.2) is 0 Å². The Morgan fingerprint density at radius 1 is 1.28 bits per heavy atom. The largest absolute Gasteiger partial charge is 0.494 e. The summed E-state index contributed by atoms with van der Waals surface area (Å²) in [7, 11) is 0. The normalized spacial score (nSPS) is 20.3. The van der Waals surface area contributed by atoms with Crippen LogP contribution in [0.3, 0.4) is 0 Å². The Bertz CT molecular complexity index is 836. The van der Waals surface area contributed by atoms with Gasteiger partial charge in [-0.05, 0) is 70.4 Å². The highest BCUT2D eigenvalue weighted by Crippen LogP contribution is 2.44. The van der Waals surface area contributed by atoms with Crippen LogP contribution in [-0.4, -0.2) is 31.8 Å². The smallest absolute Gasteiger partial charge is 0.226 e. The maximum absolute atomic E-state index is 13.4. The topological polar surface area (TPSA) is 50.4 Å². The number of carbonyl (C=O) groups is 1. The van der Waals surface area contributed by atoms with E-state index in [1.807, 2.05) is 37.3 Å². The summed E-state index contributed by atoms with van der Waals surface area (Å²) in [6.45, 7) is 19.4. The number of allylic oxidation sites excluding steroid dienone is 4. The van der Waals surface area contributed by atoms with E-state index in [-0.39, 0.29) is 11.3 Å². The second kappa shape index (κ2) is 17.1. The van der Waals surface area contributed by atoms with E-state index in [2.05, 4.69) is 57.6 Å². The minimum Gasteiger partial charge on any atom is -0.494 e. The molecule has 0 aliphatic heterocycles. The fraction of sp³-hybridized carbons (Fsp3) is 0.581. The van der Waals surface area contributed by atoms with Crippen molar-refractivity contribution in [2.45, 2.75) is 79.3 Å². The third kappa shape index (κ3) is 9.57. The lowest BCUT2D eigenvalue weighted by molar-refractivity contribution is -0.133. The molecule has 0 aromatic heterocycles. The van der Waals surface area contributed by atoms with E-state index in [0.717, 1.165) is 50.0 Å². The molecule has 1 aromatic rings. The van der Waals surface area contributed by atoms with Gasteiger partial charge in [0.25, 0.3) is 0 Å². The number of para-hydroxylation sites is 1. The number of carbonyl (C=O) groups excluding carboxylic acids is 1. The van der Waals surface area contributed by atoms with Crippen molar-refractivity contribution in [2.24, 2.45) is 17.3 Å². The van der Waals surface area contributed by atoms with E-state index < -0.39 is 6.67 Å². The van der Waals surface area contributed by atoms with E-state index in [1.54, 1.807) is 0 Å². The highest BCUT2D eigenvalue weighted by Gasteiger charge is 2.47. The monoisotopic (exact) mass is 500 g/mol. The third-order valence-corrected chi connectivity index (χ3v) is 7.37. The summed E-state index contributed by atoms with van der Waals surface area (Å²) in [5.41, 5.74) is 2.13. The third-order valence-electron chi connectivity index (χ3n) is 7.37. The number of hydrogen-bond donors (Lipinski definition) is 2. The molecule has 3 atom stereocenters. The molecule has 2 N–H and O–H groups in total. The zero-order chi connectivity index (χ0) is 27.0. The minimum absolute atomic E-state index is 0.180. The zero-order valence-corrected chi connectivity index (χ0v) is 23.2. The van der Waals surface area contributed by atoms with Crippen LogP contribution < -0.4 is 15.4 Å². The van der Waals surface area contributed by atoms with Gasteiger partial charge in [-0.25, -0.2) is 4.39 Å². The van der Waals surface area contributed by atoms with Gasteiger partial charge in [-0.1, -0.05) is 69.4 Å². The van der Waals surface area contributed by atoms with Crippen molar-refractivity contribution < 1.29 is 13.9 Å². The van der Waals surface area contributed by atoms with Gasteiger partial charge in [0.05, 0.1) is 12.0 Å². The summed E-state index contributed by atoms with van der Waals surface area (Å²) in [5.74, 6) is 1.92. The summed E-state index contributed by atoms with van der Waals surface area (Å²) in [6.07, 6.45) is 10.4. The molecule has 0 saturated heterocycles. The van der Waals surface area contributed by atoms with Gasteiger partial charge in [0.1, 0.15) is 12.4 Å². The first-order chi connectivity index (χ1) is 17.3. The van der Waals surface area contributed by atoms with E-state index in [0.29, 0.717) is 31.0 Å². The van der Waals surface area contributed by atoms with Gasteiger partial charge in [-0.3, -0.25) is 4.79 Å². The Labute approximate surface area is 219 Å². The van der Waals surface area contributed by atoms with Crippen LogP contribution in [0.1, 0.15) is 72.3 Å². The molecule has 0 radical (unpaired) electrons. The molecule has 5 heteroatoms. The second-order valence-corrected chi connectivity index (χ2v) is 9.91. The van der Waals surface area contributed by atoms with E-state index >= 15 is 0 Å². The molecule has 36 heavy (non-hydrogen) atoms. The zero-order valence-electron chi connectivity index (χ0n) is 23.2. The molecule has 1 saturated carbocycles. The van der Waals surface area contributed by atoms with Crippen LogP contribution in [0.2, 0.25) is 0 Å². The number of alkyl halides is 1. The van der Waals surface area contributed by atoms with Crippen molar-refractivity contribution >= 4 is 5.91 Å². The summed E-state index contributed by atoms with van der Waals surface area (Å²) in [4.78, 5) is 13.4. The molecule has 1 aromatic carbocycles. The standard InChI is InChI=1S/C28H44N2O2.C3H5F/c1-7-12-22(6)23(8-2)16-18-29-25-15-17-28(19-25,21(4)5)27(31)30-20-24-13-10-11-14-26(24)32-9-3;1-2-3-4/h7,10-14,21,23,25,29H,1,8-9,15-20H2,2-6H3,(H,30,31);2H,1,3H2/b22-12+;. The molecule has 1 fully saturated rings. The van der Waals surface area contributed by atoms with Crippen molar-refractivity contribution in [3.63, 3.8) is 0 Å². The fourth-order valence-corrected chi connectivity index (χ4v) is 5.08. The first-order valence-corrected chi connectivity index (χ1v) is 13.5. The molecule has 0 bridgehead atoms. The van der Waals surface area contributed by atoms with Crippen LogP contribution in [-0.2, 0) is 11.3 Å². The molecule has 4 nitrogen and oxygen atoms in total. The Morgan fingerprint density at radius 2 is 1.97 bits per heavy atom. The minimum atomic E-state index is -0.417.